The lowest BCUT2D eigenvalue weighted by Crippen LogP contribution is -2.33. The Hall–Kier alpha value is -1.12. The van der Waals surface area contributed by atoms with Gasteiger partial charge in [0.2, 0.25) is 0 Å². The molecule has 2 aromatic rings. The van der Waals surface area contributed by atoms with Crippen molar-refractivity contribution in [3.8, 4) is 0 Å². The van der Waals surface area contributed by atoms with Crippen molar-refractivity contribution in [3.05, 3.63) is 70.2 Å². The molecule has 1 saturated heterocycles. The van der Waals surface area contributed by atoms with Crippen molar-refractivity contribution >= 4 is 15.9 Å². The number of likely N-dealkylation sites (tertiary alicyclic amines) is 1. The molecule has 2 heteroatoms. The van der Waals surface area contributed by atoms with E-state index in [1.165, 1.54) is 43.5 Å². The number of benzene rings is 2. The van der Waals surface area contributed by atoms with E-state index in [1.807, 2.05) is 0 Å². The zero-order chi connectivity index (χ0) is 14.5. The zero-order valence-corrected chi connectivity index (χ0v) is 13.9. The van der Waals surface area contributed by atoms with Gasteiger partial charge in [-0.05, 0) is 61.5 Å². The highest BCUT2D eigenvalue weighted by Gasteiger charge is 2.19. The van der Waals surface area contributed by atoms with Crippen molar-refractivity contribution in [1.29, 1.82) is 0 Å². The molecule has 21 heavy (non-hydrogen) atoms. The molecule has 1 aliphatic rings. The largest absolute Gasteiger partial charge is 0.299 e. The summed E-state index contributed by atoms with van der Waals surface area (Å²) in [6.07, 6.45) is 3.89. The summed E-state index contributed by atoms with van der Waals surface area (Å²) in [5.74, 6) is 0.855. The normalized spacial score (nSPS) is 17.0. The van der Waals surface area contributed by atoms with Crippen LogP contribution in [0.25, 0.3) is 0 Å². The van der Waals surface area contributed by atoms with Gasteiger partial charge in [-0.15, -0.1) is 0 Å². The summed E-state index contributed by atoms with van der Waals surface area (Å²) in [4.78, 5) is 2.59. The molecule has 2 aromatic carbocycles. The molecule has 0 bridgehead atoms. The fourth-order valence-corrected chi connectivity index (χ4v) is 3.41. The molecule has 0 aromatic heterocycles. The molecule has 0 spiro atoms. The predicted molar refractivity (Wildman–Crippen MR) is 92.3 cm³/mol. The second kappa shape index (κ2) is 7.24. The minimum atomic E-state index is 0.855. The molecule has 1 heterocycles. The summed E-state index contributed by atoms with van der Waals surface area (Å²) >= 11 is 3.50. The van der Waals surface area contributed by atoms with Crippen LogP contribution in [-0.2, 0) is 13.0 Å². The molecule has 0 saturated carbocycles. The van der Waals surface area contributed by atoms with Gasteiger partial charge in [-0.25, -0.2) is 0 Å². The van der Waals surface area contributed by atoms with E-state index in [1.54, 1.807) is 0 Å². The molecule has 0 unspecified atom stereocenters. The van der Waals surface area contributed by atoms with Crippen molar-refractivity contribution in [1.82, 2.24) is 4.90 Å². The Bertz CT molecular complexity index is 542. The van der Waals surface area contributed by atoms with Crippen LogP contribution in [0.1, 0.15) is 24.0 Å². The minimum Gasteiger partial charge on any atom is -0.299 e. The fourth-order valence-electron chi connectivity index (χ4n) is 3.14. The van der Waals surface area contributed by atoms with Gasteiger partial charge in [0.25, 0.3) is 0 Å². The Labute approximate surface area is 136 Å². The Kier molecular flexibility index (Phi) is 5.10. The standard InChI is InChI=1S/C19H22BrN/c20-19-8-6-18(7-9-19)15-21-12-10-17(11-13-21)14-16-4-2-1-3-5-16/h1-9,17H,10-15H2. The number of nitrogens with zero attached hydrogens (tertiary/aromatic N) is 1. The van der Waals surface area contributed by atoms with Crippen molar-refractivity contribution < 1.29 is 0 Å². The second-order valence-electron chi connectivity index (χ2n) is 6.04. The van der Waals surface area contributed by atoms with Crippen LogP contribution in [-0.4, -0.2) is 18.0 Å². The van der Waals surface area contributed by atoms with Crippen LogP contribution in [0, 0.1) is 5.92 Å². The van der Waals surface area contributed by atoms with Crippen LogP contribution in [0.15, 0.2) is 59.1 Å². The van der Waals surface area contributed by atoms with Gasteiger partial charge in [-0.1, -0.05) is 58.4 Å². The van der Waals surface area contributed by atoms with Crippen molar-refractivity contribution in [2.75, 3.05) is 13.1 Å². The quantitative estimate of drug-likeness (QED) is 0.762. The average Bonchev–Trinajstić information content (AvgIpc) is 2.53. The van der Waals surface area contributed by atoms with Crippen LogP contribution in [0.2, 0.25) is 0 Å². The van der Waals surface area contributed by atoms with E-state index < -0.39 is 0 Å². The second-order valence-corrected chi connectivity index (χ2v) is 6.95. The predicted octanol–water partition coefficient (Wildman–Crippen LogP) is 4.90. The Morgan fingerprint density at radius 1 is 0.857 bits per heavy atom. The molecule has 0 amide bonds. The maximum Gasteiger partial charge on any atom is 0.0233 e. The van der Waals surface area contributed by atoms with Crippen LogP contribution in [0.5, 0.6) is 0 Å². The highest BCUT2D eigenvalue weighted by molar-refractivity contribution is 9.10. The van der Waals surface area contributed by atoms with Gasteiger partial charge in [0, 0.05) is 11.0 Å². The van der Waals surface area contributed by atoms with E-state index in [2.05, 4.69) is 75.4 Å². The highest BCUT2D eigenvalue weighted by atomic mass is 79.9. The molecular weight excluding hydrogens is 322 g/mol. The zero-order valence-electron chi connectivity index (χ0n) is 12.3. The molecule has 0 N–H and O–H groups in total. The van der Waals surface area contributed by atoms with Crippen molar-refractivity contribution in [2.45, 2.75) is 25.8 Å². The maximum absolute atomic E-state index is 3.50. The van der Waals surface area contributed by atoms with Gasteiger partial charge in [0.05, 0.1) is 0 Å². The van der Waals surface area contributed by atoms with Crippen LogP contribution in [0.4, 0.5) is 0 Å². The smallest absolute Gasteiger partial charge is 0.0233 e. The van der Waals surface area contributed by atoms with E-state index in [9.17, 15) is 0 Å². The first kappa shape index (κ1) is 14.8. The van der Waals surface area contributed by atoms with Gasteiger partial charge in [0.1, 0.15) is 0 Å². The van der Waals surface area contributed by atoms with E-state index in [4.69, 9.17) is 0 Å². The summed E-state index contributed by atoms with van der Waals surface area (Å²) < 4.78 is 1.16. The van der Waals surface area contributed by atoms with E-state index in [0.717, 1.165) is 16.9 Å². The molecule has 1 aliphatic heterocycles. The Balaban J connectivity index is 1.47. The maximum atomic E-state index is 3.50. The van der Waals surface area contributed by atoms with Crippen LogP contribution >= 0.6 is 15.9 Å². The number of hydrogen-bond acceptors (Lipinski definition) is 1. The topological polar surface area (TPSA) is 3.24 Å². The van der Waals surface area contributed by atoms with Gasteiger partial charge >= 0.3 is 0 Å². The lowest BCUT2D eigenvalue weighted by molar-refractivity contribution is 0.177. The van der Waals surface area contributed by atoms with Crippen LogP contribution < -0.4 is 0 Å². The number of hydrogen-bond donors (Lipinski definition) is 0. The Morgan fingerprint density at radius 2 is 1.52 bits per heavy atom. The van der Waals surface area contributed by atoms with E-state index in [-0.39, 0.29) is 0 Å². The minimum absolute atomic E-state index is 0.855. The molecule has 0 atom stereocenters. The SMILES string of the molecule is Brc1ccc(CN2CCC(Cc3ccccc3)CC2)cc1. The molecule has 110 valence electrons. The molecule has 0 aliphatic carbocycles. The van der Waals surface area contributed by atoms with E-state index >= 15 is 0 Å². The highest BCUT2D eigenvalue weighted by Crippen LogP contribution is 2.23. The summed E-state index contributed by atoms with van der Waals surface area (Å²) in [7, 11) is 0. The van der Waals surface area contributed by atoms with Gasteiger partial charge < -0.3 is 0 Å². The average molecular weight is 344 g/mol. The third kappa shape index (κ3) is 4.42. The van der Waals surface area contributed by atoms with Gasteiger partial charge in [-0.2, -0.15) is 0 Å². The molecule has 3 rings (SSSR count). The molecule has 0 radical (unpaired) electrons. The number of piperidine rings is 1. The fraction of sp³-hybridized carbons (Fsp3) is 0.368. The first-order valence-corrected chi connectivity index (χ1v) is 8.59. The number of halogens is 1. The van der Waals surface area contributed by atoms with Gasteiger partial charge in [-0.3, -0.25) is 4.90 Å². The first-order valence-electron chi connectivity index (χ1n) is 7.80. The third-order valence-corrected chi connectivity index (χ3v) is 4.92. The molecular formula is C19H22BrN. The van der Waals surface area contributed by atoms with Crippen molar-refractivity contribution in [2.24, 2.45) is 5.92 Å². The third-order valence-electron chi connectivity index (χ3n) is 4.39. The van der Waals surface area contributed by atoms with E-state index in [0.29, 0.717) is 0 Å². The lowest BCUT2D eigenvalue weighted by Gasteiger charge is -2.32. The monoisotopic (exact) mass is 343 g/mol. The first-order chi connectivity index (χ1) is 10.3. The lowest BCUT2D eigenvalue weighted by atomic mass is 9.90. The Morgan fingerprint density at radius 3 is 2.19 bits per heavy atom. The summed E-state index contributed by atoms with van der Waals surface area (Å²) in [6, 6.07) is 19.6. The molecule has 1 fully saturated rings. The number of rotatable bonds is 4. The summed E-state index contributed by atoms with van der Waals surface area (Å²) in [6.45, 7) is 3.55. The van der Waals surface area contributed by atoms with Crippen molar-refractivity contribution in [3.63, 3.8) is 0 Å². The summed E-state index contributed by atoms with van der Waals surface area (Å²) in [5, 5.41) is 0. The van der Waals surface area contributed by atoms with Gasteiger partial charge in [0.15, 0.2) is 0 Å². The van der Waals surface area contributed by atoms with Crippen LogP contribution in [0.3, 0.4) is 0 Å². The summed E-state index contributed by atoms with van der Waals surface area (Å²) in [5.41, 5.74) is 2.91. The molecule has 1 nitrogen and oxygen atoms in total.